The van der Waals surface area contributed by atoms with E-state index in [0.29, 0.717) is 6.29 Å². The van der Waals surface area contributed by atoms with Gasteiger partial charge in [-0.05, 0) is 36.6 Å². The van der Waals surface area contributed by atoms with Crippen LogP contribution in [0.5, 0.6) is 0 Å². The molecule has 1 N–H and O–H groups in total. The Morgan fingerprint density at radius 1 is 1.30 bits per heavy atom. The fraction of sp³-hybridized carbons (Fsp3) is 0.286. The van der Waals surface area contributed by atoms with Crippen LogP contribution < -0.4 is 5.32 Å². The highest BCUT2D eigenvalue weighted by molar-refractivity contribution is 5.96. The third-order valence-electron chi connectivity index (χ3n) is 2.87. The maximum absolute atomic E-state index is 13.0. The lowest BCUT2D eigenvalue weighted by Crippen LogP contribution is -2.28. The number of allylic oxidation sites excluding steroid dienone is 1. The molecule has 1 aromatic carbocycles. The zero-order valence-corrected chi connectivity index (χ0v) is 10.4. The number of nitrogens with one attached hydrogen (secondary N) is 1. The topological polar surface area (TPSA) is 46.2 Å². The van der Waals surface area contributed by atoms with Gasteiger partial charge < -0.3 is 5.32 Å². The number of carbonyl (C=O) groups is 2. The van der Waals surface area contributed by atoms with Gasteiger partial charge in [-0.3, -0.25) is 9.59 Å². The predicted molar refractivity (Wildman–Crippen MR) is 67.0 cm³/mol. The summed E-state index contributed by atoms with van der Waals surface area (Å²) in [5.74, 6) is -0.717. The van der Waals surface area contributed by atoms with Crippen molar-refractivity contribution in [3.05, 3.63) is 41.0 Å². The second-order valence-electron chi connectivity index (χ2n) is 4.55. The SMILES string of the molecule is O=C/C=C/c1ccc(C(=O)NC2CC2)c(C(F)(F)F)c1. The van der Waals surface area contributed by atoms with Crippen molar-refractivity contribution in [2.24, 2.45) is 0 Å². The Hall–Kier alpha value is -2.11. The summed E-state index contributed by atoms with van der Waals surface area (Å²) in [5, 5.41) is 2.53. The van der Waals surface area contributed by atoms with Crippen molar-refractivity contribution in [3.63, 3.8) is 0 Å². The van der Waals surface area contributed by atoms with Crippen LogP contribution in [0.4, 0.5) is 13.2 Å². The van der Waals surface area contributed by atoms with E-state index >= 15 is 0 Å². The highest BCUT2D eigenvalue weighted by Crippen LogP contribution is 2.33. The minimum absolute atomic E-state index is 0.0155. The summed E-state index contributed by atoms with van der Waals surface area (Å²) in [6.07, 6.45) is -0.201. The largest absolute Gasteiger partial charge is 0.417 e. The number of aldehydes is 1. The first kappa shape index (κ1) is 14.3. The lowest BCUT2D eigenvalue weighted by atomic mass is 10.0. The molecule has 0 spiro atoms. The van der Waals surface area contributed by atoms with Crippen molar-refractivity contribution in [1.29, 1.82) is 0 Å². The molecule has 106 valence electrons. The van der Waals surface area contributed by atoms with Crippen molar-refractivity contribution in [2.75, 3.05) is 0 Å². The molecule has 3 nitrogen and oxygen atoms in total. The fourth-order valence-electron chi connectivity index (χ4n) is 1.74. The number of benzene rings is 1. The number of amides is 1. The molecule has 1 aliphatic rings. The maximum Gasteiger partial charge on any atom is 0.417 e. The smallest absolute Gasteiger partial charge is 0.349 e. The van der Waals surface area contributed by atoms with Gasteiger partial charge in [0, 0.05) is 6.04 Å². The molecule has 0 unspecified atom stereocenters. The van der Waals surface area contributed by atoms with Crippen LogP contribution >= 0.6 is 0 Å². The van der Waals surface area contributed by atoms with Gasteiger partial charge in [-0.15, -0.1) is 0 Å². The Labute approximate surface area is 113 Å². The van der Waals surface area contributed by atoms with E-state index < -0.39 is 23.2 Å². The van der Waals surface area contributed by atoms with Crippen molar-refractivity contribution in [1.82, 2.24) is 5.32 Å². The molecule has 0 radical (unpaired) electrons. The molecule has 2 rings (SSSR count). The number of alkyl halides is 3. The van der Waals surface area contributed by atoms with Gasteiger partial charge in [0.2, 0.25) is 0 Å². The van der Waals surface area contributed by atoms with Crippen LogP contribution in [0, 0.1) is 0 Å². The maximum atomic E-state index is 13.0. The molecule has 6 heteroatoms. The summed E-state index contributed by atoms with van der Waals surface area (Å²) in [6.45, 7) is 0. The first-order valence-corrected chi connectivity index (χ1v) is 6.06. The van der Waals surface area contributed by atoms with Crippen LogP contribution in [0.1, 0.15) is 34.3 Å². The van der Waals surface area contributed by atoms with E-state index in [2.05, 4.69) is 5.32 Å². The molecule has 1 aliphatic carbocycles. The van der Waals surface area contributed by atoms with E-state index in [-0.39, 0.29) is 11.6 Å². The summed E-state index contributed by atoms with van der Waals surface area (Å²) >= 11 is 0. The number of hydrogen-bond acceptors (Lipinski definition) is 2. The number of hydrogen-bond donors (Lipinski definition) is 1. The van der Waals surface area contributed by atoms with Crippen LogP contribution in [0.15, 0.2) is 24.3 Å². The van der Waals surface area contributed by atoms with Crippen molar-refractivity contribution in [2.45, 2.75) is 25.1 Å². The van der Waals surface area contributed by atoms with E-state index in [1.807, 2.05) is 0 Å². The van der Waals surface area contributed by atoms with Gasteiger partial charge in [0.25, 0.3) is 5.91 Å². The molecule has 0 aliphatic heterocycles. The van der Waals surface area contributed by atoms with E-state index in [0.717, 1.165) is 31.1 Å². The molecular weight excluding hydrogens is 271 g/mol. The minimum Gasteiger partial charge on any atom is -0.349 e. The van der Waals surface area contributed by atoms with E-state index in [1.165, 1.54) is 12.1 Å². The zero-order valence-electron chi connectivity index (χ0n) is 10.4. The quantitative estimate of drug-likeness (QED) is 0.682. The average molecular weight is 283 g/mol. The van der Waals surface area contributed by atoms with Crippen LogP contribution in [0.2, 0.25) is 0 Å². The van der Waals surface area contributed by atoms with Gasteiger partial charge in [0.05, 0.1) is 11.1 Å². The lowest BCUT2D eigenvalue weighted by molar-refractivity contribution is -0.138. The standard InChI is InChI=1S/C14H12F3NO2/c15-14(16,17)12-8-9(2-1-7-19)3-6-11(12)13(20)18-10-4-5-10/h1-3,6-8,10H,4-5H2,(H,18,20)/b2-1+. The van der Waals surface area contributed by atoms with E-state index in [4.69, 9.17) is 0 Å². The molecule has 0 saturated heterocycles. The third-order valence-corrected chi connectivity index (χ3v) is 2.87. The van der Waals surface area contributed by atoms with Gasteiger partial charge in [0.1, 0.15) is 6.29 Å². The Bertz CT molecular complexity index is 560. The van der Waals surface area contributed by atoms with Crippen molar-refractivity contribution < 1.29 is 22.8 Å². The number of rotatable bonds is 4. The molecule has 1 amide bonds. The average Bonchev–Trinajstić information content (AvgIpc) is 3.18. The Balaban J connectivity index is 2.36. The highest BCUT2D eigenvalue weighted by atomic mass is 19.4. The molecule has 1 fully saturated rings. The van der Waals surface area contributed by atoms with Crippen LogP contribution in [-0.4, -0.2) is 18.2 Å². The normalized spacial score (nSPS) is 15.3. The second kappa shape index (κ2) is 5.48. The molecule has 20 heavy (non-hydrogen) atoms. The third kappa shape index (κ3) is 3.46. The van der Waals surface area contributed by atoms with Crippen LogP contribution in [0.3, 0.4) is 0 Å². The first-order valence-electron chi connectivity index (χ1n) is 6.06. The lowest BCUT2D eigenvalue weighted by Gasteiger charge is -2.13. The fourth-order valence-corrected chi connectivity index (χ4v) is 1.74. The number of carbonyl (C=O) groups excluding carboxylic acids is 2. The number of halogens is 3. The summed E-state index contributed by atoms with van der Waals surface area (Å²) < 4.78 is 39.0. The van der Waals surface area contributed by atoms with Gasteiger partial charge in [-0.1, -0.05) is 12.1 Å². The van der Waals surface area contributed by atoms with E-state index in [1.54, 1.807) is 0 Å². The summed E-state index contributed by atoms with van der Waals surface area (Å²) in [7, 11) is 0. The molecule has 0 atom stereocenters. The predicted octanol–water partition coefficient (Wildman–Crippen LogP) is 2.81. The zero-order chi connectivity index (χ0) is 14.8. The molecule has 0 bridgehead atoms. The first-order chi connectivity index (χ1) is 9.41. The summed E-state index contributed by atoms with van der Waals surface area (Å²) in [6, 6.07) is 3.35. The van der Waals surface area contributed by atoms with Crippen molar-refractivity contribution >= 4 is 18.3 Å². The highest BCUT2D eigenvalue weighted by Gasteiger charge is 2.36. The second-order valence-corrected chi connectivity index (χ2v) is 4.55. The Morgan fingerprint density at radius 2 is 2.00 bits per heavy atom. The molecule has 0 aromatic heterocycles. The molecule has 0 heterocycles. The molecule has 1 aromatic rings. The van der Waals surface area contributed by atoms with Gasteiger partial charge >= 0.3 is 6.18 Å². The summed E-state index contributed by atoms with van der Waals surface area (Å²) in [5.41, 5.74) is -1.18. The van der Waals surface area contributed by atoms with E-state index in [9.17, 15) is 22.8 Å². The minimum atomic E-state index is -4.62. The Kier molecular flexibility index (Phi) is 3.92. The van der Waals surface area contributed by atoms with Gasteiger partial charge in [-0.2, -0.15) is 13.2 Å². The summed E-state index contributed by atoms with van der Waals surface area (Å²) in [4.78, 5) is 22.0. The van der Waals surface area contributed by atoms with Crippen molar-refractivity contribution in [3.8, 4) is 0 Å². The van der Waals surface area contributed by atoms with Gasteiger partial charge in [0.15, 0.2) is 0 Å². The molecule has 1 saturated carbocycles. The Morgan fingerprint density at radius 3 is 2.55 bits per heavy atom. The van der Waals surface area contributed by atoms with Crippen LogP contribution in [0.25, 0.3) is 6.08 Å². The van der Waals surface area contributed by atoms with Gasteiger partial charge in [-0.25, -0.2) is 0 Å². The monoisotopic (exact) mass is 283 g/mol. The molecular formula is C14H12F3NO2. The van der Waals surface area contributed by atoms with Crippen LogP contribution in [-0.2, 0) is 11.0 Å².